The molecule has 0 bridgehead atoms. The van der Waals surface area contributed by atoms with Crippen molar-refractivity contribution in [2.24, 2.45) is 0 Å². The van der Waals surface area contributed by atoms with E-state index in [1.807, 2.05) is 31.2 Å². The van der Waals surface area contributed by atoms with Crippen LogP contribution in [0.4, 0.5) is 11.4 Å². The van der Waals surface area contributed by atoms with E-state index in [-0.39, 0.29) is 18.6 Å². The van der Waals surface area contributed by atoms with E-state index < -0.39 is 0 Å². The lowest BCUT2D eigenvalue weighted by atomic mass is 10.1. The third-order valence-electron chi connectivity index (χ3n) is 4.66. The van der Waals surface area contributed by atoms with Crippen LogP contribution in [0.3, 0.4) is 0 Å². The summed E-state index contributed by atoms with van der Waals surface area (Å²) in [5.41, 5.74) is 3.21. The summed E-state index contributed by atoms with van der Waals surface area (Å²) in [5, 5.41) is 5.74. The number of ether oxygens (including phenoxy) is 2. The van der Waals surface area contributed by atoms with Crippen molar-refractivity contribution >= 4 is 23.2 Å². The molecule has 0 spiro atoms. The summed E-state index contributed by atoms with van der Waals surface area (Å²) in [6.07, 6.45) is 0.814. The first kappa shape index (κ1) is 18.6. The molecule has 0 radical (unpaired) electrons. The first-order valence-electron chi connectivity index (χ1n) is 9.34. The number of para-hydroxylation sites is 1. The summed E-state index contributed by atoms with van der Waals surface area (Å²) in [4.78, 5) is 25.3. The lowest BCUT2D eigenvalue weighted by Gasteiger charge is -2.11. The number of rotatable bonds is 5. The van der Waals surface area contributed by atoms with Crippen LogP contribution in [-0.2, 0) is 6.42 Å². The van der Waals surface area contributed by atoms with Gasteiger partial charge in [0.25, 0.3) is 11.8 Å². The monoisotopic (exact) mass is 388 g/mol. The summed E-state index contributed by atoms with van der Waals surface area (Å²) in [6, 6.07) is 19.5. The Kier molecular flexibility index (Phi) is 5.16. The van der Waals surface area contributed by atoms with Crippen molar-refractivity contribution in [1.82, 2.24) is 0 Å². The van der Waals surface area contributed by atoms with Gasteiger partial charge in [0.2, 0.25) is 6.79 Å². The molecule has 0 unspecified atom stereocenters. The summed E-state index contributed by atoms with van der Waals surface area (Å²) in [6.45, 7) is 2.21. The highest BCUT2D eigenvalue weighted by molar-refractivity contribution is 6.09. The van der Waals surface area contributed by atoms with Crippen LogP contribution < -0.4 is 20.1 Å². The zero-order valence-electron chi connectivity index (χ0n) is 15.9. The first-order chi connectivity index (χ1) is 14.1. The lowest BCUT2D eigenvalue weighted by Crippen LogP contribution is -2.16. The van der Waals surface area contributed by atoms with E-state index in [1.54, 1.807) is 42.5 Å². The number of benzene rings is 3. The molecule has 6 nitrogen and oxygen atoms in total. The van der Waals surface area contributed by atoms with Crippen molar-refractivity contribution in [3.05, 3.63) is 83.4 Å². The molecule has 1 heterocycles. The number of fused-ring (bicyclic) bond motifs is 1. The fraction of sp³-hybridized carbons (Fsp3) is 0.130. The minimum atomic E-state index is -0.313. The molecule has 0 saturated carbocycles. The number of aryl methyl sites for hydroxylation is 1. The lowest BCUT2D eigenvalue weighted by molar-refractivity contribution is 0.102. The molecule has 6 heteroatoms. The highest BCUT2D eigenvalue weighted by Gasteiger charge is 2.16. The Morgan fingerprint density at radius 3 is 2.34 bits per heavy atom. The van der Waals surface area contributed by atoms with Crippen LogP contribution in [0.1, 0.15) is 33.2 Å². The largest absolute Gasteiger partial charge is 0.454 e. The van der Waals surface area contributed by atoms with E-state index in [4.69, 9.17) is 9.47 Å². The van der Waals surface area contributed by atoms with Crippen LogP contribution in [0.15, 0.2) is 66.7 Å². The van der Waals surface area contributed by atoms with Crippen LogP contribution in [0, 0.1) is 0 Å². The summed E-state index contributed by atoms with van der Waals surface area (Å²) < 4.78 is 10.6. The van der Waals surface area contributed by atoms with E-state index in [2.05, 4.69) is 10.6 Å². The highest BCUT2D eigenvalue weighted by Crippen LogP contribution is 2.34. The van der Waals surface area contributed by atoms with Gasteiger partial charge >= 0.3 is 0 Å². The van der Waals surface area contributed by atoms with Crippen LogP contribution >= 0.6 is 0 Å². The van der Waals surface area contributed by atoms with Crippen LogP contribution in [-0.4, -0.2) is 18.6 Å². The smallest absolute Gasteiger partial charge is 0.255 e. The number of amides is 2. The van der Waals surface area contributed by atoms with Crippen molar-refractivity contribution in [3.63, 3.8) is 0 Å². The Bertz CT molecular complexity index is 1080. The van der Waals surface area contributed by atoms with Crippen molar-refractivity contribution in [2.75, 3.05) is 17.4 Å². The molecule has 3 aromatic rings. The van der Waals surface area contributed by atoms with Gasteiger partial charge in [-0.1, -0.05) is 31.2 Å². The summed E-state index contributed by atoms with van der Waals surface area (Å²) >= 11 is 0. The van der Waals surface area contributed by atoms with Gasteiger partial charge in [0.15, 0.2) is 11.5 Å². The van der Waals surface area contributed by atoms with Gasteiger partial charge in [-0.15, -0.1) is 0 Å². The molecule has 2 amide bonds. The topological polar surface area (TPSA) is 76.7 Å². The maximum atomic E-state index is 12.7. The molecule has 3 aromatic carbocycles. The molecule has 0 aromatic heterocycles. The highest BCUT2D eigenvalue weighted by atomic mass is 16.7. The van der Waals surface area contributed by atoms with Crippen LogP contribution in [0.25, 0.3) is 0 Å². The molecule has 2 N–H and O–H groups in total. The van der Waals surface area contributed by atoms with E-state index in [0.29, 0.717) is 28.3 Å². The van der Waals surface area contributed by atoms with Gasteiger partial charge in [-0.05, 0) is 48.4 Å². The van der Waals surface area contributed by atoms with Crippen molar-refractivity contribution < 1.29 is 19.1 Å². The number of nitrogens with one attached hydrogen (secondary N) is 2. The van der Waals surface area contributed by atoms with Gasteiger partial charge in [-0.25, -0.2) is 0 Å². The predicted octanol–water partition coefficient (Wildman–Crippen LogP) is 4.48. The van der Waals surface area contributed by atoms with Gasteiger partial charge in [0.05, 0.1) is 0 Å². The normalized spacial score (nSPS) is 11.8. The van der Waals surface area contributed by atoms with E-state index in [0.717, 1.165) is 17.7 Å². The Morgan fingerprint density at radius 2 is 1.55 bits per heavy atom. The first-order valence-corrected chi connectivity index (χ1v) is 9.34. The molecule has 146 valence electrons. The molecule has 4 rings (SSSR count). The predicted molar refractivity (Wildman–Crippen MR) is 111 cm³/mol. The summed E-state index contributed by atoms with van der Waals surface area (Å²) in [5.74, 6) is 0.663. The van der Waals surface area contributed by atoms with Crippen molar-refractivity contribution in [1.29, 1.82) is 0 Å². The number of hydrogen-bond donors (Lipinski definition) is 2. The maximum absolute atomic E-state index is 12.7. The minimum Gasteiger partial charge on any atom is -0.454 e. The third-order valence-corrected chi connectivity index (χ3v) is 4.66. The van der Waals surface area contributed by atoms with Gasteiger partial charge in [0.1, 0.15) is 0 Å². The number of carbonyl (C=O) groups is 2. The summed E-state index contributed by atoms with van der Waals surface area (Å²) in [7, 11) is 0. The van der Waals surface area contributed by atoms with Gasteiger partial charge in [-0.3, -0.25) is 9.59 Å². The average molecular weight is 388 g/mol. The fourth-order valence-electron chi connectivity index (χ4n) is 3.12. The fourth-order valence-corrected chi connectivity index (χ4v) is 3.12. The number of hydrogen-bond acceptors (Lipinski definition) is 4. The Labute approximate surface area is 168 Å². The SMILES string of the molecule is CCc1ccccc1NC(=O)c1cccc(C(=O)Nc2ccc3c(c2)OCO3)c1. The second-order valence-electron chi connectivity index (χ2n) is 6.57. The molecule has 1 aliphatic rings. The van der Waals surface area contributed by atoms with E-state index >= 15 is 0 Å². The second kappa shape index (κ2) is 8.06. The molecular weight excluding hydrogens is 368 g/mol. The quantitative estimate of drug-likeness (QED) is 0.676. The third kappa shape index (κ3) is 4.06. The van der Waals surface area contributed by atoms with Crippen LogP contribution in [0.2, 0.25) is 0 Å². The molecule has 0 aliphatic carbocycles. The molecule has 0 fully saturated rings. The zero-order chi connectivity index (χ0) is 20.2. The molecule has 1 aliphatic heterocycles. The molecule has 29 heavy (non-hydrogen) atoms. The number of carbonyl (C=O) groups excluding carboxylic acids is 2. The van der Waals surface area contributed by atoms with Gasteiger partial charge in [0, 0.05) is 28.6 Å². The minimum absolute atomic E-state index is 0.172. The second-order valence-corrected chi connectivity index (χ2v) is 6.57. The van der Waals surface area contributed by atoms with E-state index in [1.165, 1.54) is 0 Å². The van der Waals surface area contributed by atoms with Crippen molar-refractivity contribution in [2.45, 2.75) is 13.3 Å². The van der Waals surface area contributed by atoms with Gasteiger partial charge < -0.3 is 20.1 Å². The number of anilines is 2. The average Bonchev–Trinajstić information content (AvgIpc) is 3.22. The van der Waals surface area contributed by atoms with Crippen molar-refractivity contribution in [3.8, 4) is 11.5 Å². The zero-order valence-corrected chi connectivity index (χ0v) is 15.9. The van der Waals surface area contributed by atoms with E-state index in [9.17, 15) is 9.59 Å². The molecule has 0 atom stereocenters. The Balaban J connectivity index is 1.49. The maximum Gasteiger partial charge on any atom is 0.255 e. The standard InChI is InChI=1S/C23H20N2O4/c1-2-15-6-3-4-9-19(15)25-23(27)17-8-5-7-16(12-17)22(26)24-18-10-11-20-21(13-18)29-14-28-20/h3-13H,2,14H2,1H3,(H,24,26)(H,25,27). The Hall–Kier alpha value is -3.80. The Morgan fingerprint density at radius 1 is 0.828 bits per heavy atom. The molecular formula is C23H20N2O4. The van der Waals surface area contributed by atoms with Gasteiger partial charge in [-0.2, -0.15) is 0 Å². The molecule has 0 saturated heterocycles. The van der Waals surface area contributed by atoms with Crippen LogP contribution in [0.5, 0.6) is 11.5 Å².